The number of unbranched alkanes of at least 4 members (excludes halogenated alkanes) is 24. The maximum Gasteiger partial charge on any atom is 0.249 e. The van der Waals surface area contributed by atoms with Gasteiger partial charge >= 0.3 is 0 Å². The van der Waals surface area contributed by atoms with Crippen LogP contribution >= 0.6 is 0 Å². The van der Waals surface area contributed by atoms with Crippen molar-refractivity contribution in [2.24, 2.45) is 0 Å². The first-order valence-corrected chi connectivity index (χ1v) is 22.7. The van der Waals surface area contributed by atoms with Crippen LogP contribution in [0.2, 0.25) is 0 Å². The van der Waals surface area contributed by atoms with E-state index in [-0.39, 0.29) is 6.61 Å². The first-order valence-electron chi connectivity index (χ1n) is 22.7. The van der Waals surface area contributed by atoms with Gasteiger partial charge in [0.2, 0.25) is 5.91 Å². The molecular formula is C45H85NO9. The predicted molar refractivity (Wildman–Crippen MR) is 223 cm³/mol. The standard InChI is InChI=1S/C45H85NO9/c1-3-5-7-9-11-13-15-17-18-19-20-21-22-24-26-28-30-32-34-39(49)44(53)46-37(36-54-45-43(52)42(51)41(50)40(35-47)55-45)38(48)33-31-29-27-25-23-16-14-12-10-8-6-4-2/h23,25,31,33,37-43,45,47-52H,3-22,24,26-30,32,34-36H2,1-2H3,(H,46,53)/b25-23+,33-31+. The zero-order chi connectivity index (χ0) is 40.4. The van der Waals surface area contributed by atoms with Crippen molar-refractivity contribution in [2.75, 3.05) is 13.2 Å². The number of nitrogens with one attached hydrogen (secondary N) is 1. The van der Waals surface area contributed by atoms with Crippen molar-refractivity contribution in [1.82, 2.24) is 5.32 Å². The number of amides is 1. The van der Waals surface area contributed by atoms with Crippen LogP contribution in [0.5, 0.6) is 0 Å². The van der Waals surface area contributed by atoms with Gasteiger partial charge in [-0.2, -0.15) is 0 Å². The Hall–Kier alpha value is -1.37. The number of ether oxygens (including phenoxy) is 2. The van der Waals surface area contributed by atoms with Crippen molar-refractivity contribution >= 4 is 5.91 Å². The molecule has 1 aliphatic rings. The Morgan fingerprint density at radius 1 is 0.618 bits per heavy atom. The van der Waals surface area contributed by atoms with Gasteiger partial charge in [0.1, 0.15) is 30.5 Å². The normalized spacial score (nSPS) is 22.1. The molecule has 0 saturated carbocycles. The molecule has 8 unspecified atom stereocenters. The number of rotatable bonds is 37. The molecule has 55 heavy (non-hydrogen) atoms. The molecule has 8 atom stereocenters. The van der Waals surface area contributed by atoms with Gasteiger partial charge in [-0.1, -0.05) is 186 Å². The summed E-state index contributed by atoms with van der Waals surface area (Å²) in [6, 6.07) is -0.991. The van der Waals surface area contributed by atoms with E-state index >= 15 is 0 Å². The highest BCUT2D eigenvalue weighted by Crippen LogP contribution is 2.23. The van der Waals surface area contributed by atoms with Crippen molar-refractivity contribution in [3.05, 3.63) is 24.3 Å². The third kappa shape index (κ3) is 26.3. The molecule has 0 aromatic heterocycles. The molecule has 0 radical (unpaired) electrons. The molecule has 324 valence electrons. The van der Waals surface area contributed by atoms with Gasteiger partial charge in [-0.25, -0.2) is 0 Å². The van der Waals surface area contributed by atoms with E-state index in [1.54, 1.807) is 6.08 Å². The van der Waals surface area contributed by atoms with E-state index in [0.717, 1.165) is 32.1 Å². The second kappa shape index (κ2) is 35.8. The molecular weight excluding hydrogens is 698 g/mol. The fraction of sp³-hybridized carbons (Fsp3) is 0.889. The van der Waals surface area contributed by atoms with Crippen molar-refractivity contribution in [1.29, 1.82) is 0 Å². The summed E-state index contributed by atoms with van der Waals surface area (Å²) >= 11 is 0. The highest BCUT2D eigenvalue weighted by molar-refractivity contribution is 5.80. The second-order valence-electron chi connectivity index (χ2n) is 16.0. The van der Waals surface area contributed by atoms with Crippen LogP contribution in [-0.2, 0) is 14.3 Å². The van der Waals surface area contributed by atoms with Gasteiger partial charge in [0.15, 0.2) is 6.29 Å². The minimum atomic E-state index is -1.61. The predicted octanol–water partition coefficient (Wildman–Crippen LogP) is 8.08. The number of aliphatic hydroxyl groups excluding tert-OH is 6. The van der Waals surface area contributed by atoms with Crippen LogP contribution in [0.25, 0.3) is 0 Å². The molecule has 1 amide bonds. The van der Waals surface area contributed by atoms with Gasteiger partial charge in [-0.15, -0.1) is 0 Å². The van der Waals surface area contributed by atoms with Gasteiger partial charge in [-0.05, 0) is 32.1 Å². The number of aliphatic hydroxyl groups is 6. The quantitative estimate of drug-likeness (QED) is 0.0243. The summed E-state index contributed by atoms with van der Waals surface area (Å²) in [6.45, 7) is 3.57. The molecule has 10 nitrogen and oxygen atoms in total. The molecule has 1 heterocycles. The lowest BCUT2D eigenvalue weighted by atomic mass is 9.99. The summed E-state index contributed by atoms with van der Waals surface area (Å²) in [5.74, 6) is -0.626. The summed E-state index contributed by atoms with van der Waals surface area (Å²) in [7, 11) is 0. The van der Waals surface area contributed by atoms with Crippen molar-refractivity contribution in [3.63, 3.8) is 0 Å². The molecule has 0 spiro atoms. The van der Waals surface area contributed by atoms with Crippen LogP contribution in [0.4, 0.5) is 0 Å². The van der Waals surface area contributed by atoms with Crippen molar-refractivity contribution in [2.45, 2.75) is 243 Å². The van der Waals surface area contributed by atoms with Crippen LogP contribution in [-0.4, -0.2) is 98.7 Å². The average Bonchev–Trinajstić information content (AvgIpc) is 3.18. The lowest BCUT2D eigenvalue weighted by Crippen LogP contribution is -2.60. The van der Waals surface area contributed by atoms with E-state index in [0.29, 0.717) is 19.3 Å². The molecule has 1 aliphatic heterocycles. The monoisotopic (exact) mass is 784 g/mol. The van der Waals surface area contributed by atoms with Gasteiger partial charge in [0, 0.05) is 0 Å². The van der Waals surface area contributed by atoms with Crippen molar-refractivity contribution < 1.29 is 44.9 Å². The third-order valence-electron chi connectivity index (χ3n) is 10.9. The zero-order valence-corrected chi connectivity index (χ0v) is 35.0. The summed E-state index contributed by atoms with van der Waals surface area (Å²) in [5, 5.41) is 64.5. The van der Waals surface area contributed by atoms with Crippen LogP contribution in [0.15, 0.2) is 24.3 Å². The molecule has 1 rings (SSSR count). The lowest BCUT2D eigenvalue weighted by Gasteiger charge is -2.40. The number of hydrogen-bond donors (Lipinski definition) is 7. The van der Waals surface area contributed by atoms with E-state index in [1.165, 1.54) is 128 Å². The Morgan fingerprint density at radius 3 is 1.58 bits per heavy atom. The minimum absolute atomic E-state index is 0.307. The van der Waals surface area contributed by atoms with Crippen LogP contribution in [0.3, 0.4) is 0 Å². The minimum Gasteiger partial charge on any atom is -0.394 e. The number of allylic oxidation sites excluding steroid dienone is 3. The Morgan fingerprint density at radius 2 is 1.07 bits per heavy atom. The Balaban J connectivity index is 2.41. The second-order valence-corrected chi connectivity index (χ2v) is 16.0. The molecule has 1 saturated heterocycles. The smallest absolute Gasteiger partial charge is 0.249 e. The van der Waals surface area contributed by atoms with Crippen LogP contribution in [0, 0.1) is 0 Å². The van der Waals surface area contributed by atoms with Gasteiger partial charge in [0.25, 0.3) is 0 Å². The molecule has 0 aromatic rings. The maximum atomic E-state index is 13.0. The van der Waals surface area contributed by atoms with E-state index in [2.05, 4.69) is 31.3 Å². The Labute approximate surface area is 335 Å². The van der Waals surface area contributed by atoms with Gasteiger partial charge in [0.05, 0.1) is 25.4 Å². The lowest BCUT2D eigenvalue weighted by molar-refractivity contribution is -0.302. The highest BCUT2D eigenvalue weighted by atomic mass is 16.7. The fourth-order valence-electron chi connectivity index (χ4n) is 7.12. The highest BCUT2D eigenvalue weighted by Gasteiger charge is 2.44. The fourth-order valence-corrected chi connectivity index (χ4v) is 7.12. The van der Waals surface area contributed by atoms with E-state index in [9.17, 15) is 35.4 Å². The molecule has 0 bridgehead atoms. The third-order valence-corrected chi connectivity index (χ3v) is 10.9. The van der Waals surface area contributed by atoms with Gasteiger partial charge < -0.3 is 45.4 Å². The van der Waals surface area contributed by atoms with E-state index in [1.807, 2.05) is 6.08 Å². The number of carbonyl (C=O) groups excluding carboxylic acids is 1. The SMILES string of the molecule is CCCCCCCC/C=C/CC/C=C/C(O)C(COC1OC(CO)C(O)C(O)C1O)NC(=O)C(O)CCCCCCCCCCCCCCCCCCCC. The summed E-state index contributed by atoms with van der Waals surface area (Å²) in [4.78, 5) is 13.0. The van der Waals surface area contributed by atoms with Crippen LogP contribution < -0.4 is 5.32 Å². The first-order chi connectivity index (χ1) is 26.8. The summed E-state index contributed by atoms with van der Waals surface area (Å²) in [6.07, 6.45) is 31.3. The summed E-state index contributed by atoms with van der Waals surface area (Å²) in [5.41, 5.74) is 0. The molecule has 10 heteroatoms. The molecule has 0 aliphatic carbocycles. The largest absolute Gasteiger partial charge is 0.394 e. The number of hydrogen-bond acceptors (Lipinski definition) is 9. The van der Waals surface area contributed by atoms with E-state index < -0.39 is 61.5 Å². The van der Waals surface area contributed by atoms with E-state index in [4.69, 9.17) is 9.47 Å². The Kier molecular flexibility index (Phi) is 33.6. The zero-order valence-electron chi connectivity index (χ0n) is 35.0. The first kappa shape index (κ1) is 51.6. The molecule has 1 fully saturated rings. The molecule has 7 N–H and O–H groups in total. The maximum absolute atomic E-state index is 13.0. The number of carbonyl (C=O) groups is 1. The van der Waals surface area contributed by atoms with Crippen LogP contribution in [0.1, 0.15) is 194 Å². The average molecular weight is 784 g/mol. The van der Waals surface area contributed by atoms with Crippen molar-refractivity contribution in [3.8, 4) is 0 Å². The van der Waals surface area contributed by atoms with Gasteiger partial charge in [-0.3, -0.25) is 4.79 Å². The molecule has 0 aromatic carbocycles. The summed E-state index contributed by atoms with van der Waals surface area (Å²) < 4.78 is 11.1. The topological polar surface area (TPSA) is 169 Å². The Bertz CT molecular complexity index is 932.